The molecule has 0 aromatic carbocycles. The van der Waals surface area contributed by atoms with Crippen LogP contribution in [0.25, 0.3) is 10.2 Å². The number of fused-ring (bicyclic) bond motifs is 1. The van der Waals surface area contributed by atoms with E-state index in [1.807, 2.05) is 14.0 Å². The molecule has 0 aliphatic carbocycles. The lowest BCUT2D eigenvalue weighted by atomic mass is 10.0. The second-order valence-electron chi connectivity index (χ2n) is 6.50. The van der Waals surface area contributed by atoms with Crippen molar-refractivity contribution in [2.75, 3.05) is 7.05 Å². The fourth-order valence-electron chi connectivity index (χ4n) is 2.36. The van der Waals surface area contributed by atoms with Crippen LogP contribution in [0.1, 0.15) is 36.1 Å². The number of aliphatic carboxylic acids is 1. The SMILES string of the molecule is Cc1nn(C)c2sc(C(=O)NC(C)C(=O)N(C)C(C)(C)C(=O)O)cc12. The Balaban J connectivity index is 2.14. The Morgan fingerprint density at radius 2 is 2.00 bits per heavy atom. The Kier molecular flexibility index (Phi) is 4.90. The predicted octanol–water partition coefficient (Wildman–Crippen LogP) is 1.38. The molecule has 0 saturated carbocycles. The molecule has 2 aromatic heterocycles. The number of carboxylic acid groups (broad SMARTS) is 1. The van der Waals surface area contributed by atoms with Gasteiger partial charge in [0.1, 0.15) is 16.4 Å². The zero-order valence-corrected chi connectivity index (χ0v) is 15.9. The molecule has 0 radical (unpaired) electrons. The van der Waals surface area contributed by atoms with Crippen molar-refractivity contribution in [3.05, 3.63) is 16.6 Å². The van der Waals surface area contributed by atoms with Crippen molar-refractivity contribution in [3.8, 4) is 0 Å². The molecular formula is C16H22N4O4S. The van der Waals surface area contributed by atoms with Gasteiger partial charge in [-0.2, -0.15) is 5.10 Å². The number of nitrogens with one attached hydrogen (secondary N) is 1. The van der Waals surface area contributed by atoms with Crippen LogP contribution in [0.3, 0.4) is 0 Å². The molecule has 1 unspecified atom stereocenters. The van der Waals surface area contributed by atoms with Gasteiger partial charge < -0.3 is 15.3 Å². The molecule has 9 heteroatoms. The summed E-state index contributed by atoms with van der Waals surface area (Å²) in [6.45, 7) is 6.27. The Morgan fingerprint density at radius 3 is 2.52 bits per heavy atom. The summed E-state index contributed by atoms with van der Waals surface area (Å²) < 4.78 is 1.71. The number of hydrogen-bond acceptors (Lipinski definition) is 5. The molecule has 136 valence electrons. The Bertz CT molecular complexity index is 817. The average Bonchev–Trinajstić information content (AvgIpc) is 3.07. The molecule has 2 aromatic rings. The summed E-state index contributed by atoms with van der Waals surface area (Å²) in [6, 6.07) is 0.903. The van der Waals surface area contributed by atoms with E-state index < -0.39 is 23.5 Å². The minimum atomic E-state index is -1.36. The van der Waals surface area contributed by atoms with Crippen LogP contribution in [-0.2, 0) is 16.6 Å². The summed E-state index contributed by atoms with van der Waals surface area (Å²) in [5.41, 5.74) is -0.531. The first-order chi connectivity index (χ1) is 11.5. The third kappa shape index (κ3) is 3.37. The average molecular weight is 366 g/mol. The minimum absolute atomic E-state index is 0.372. The summed E-state index contributed by atoms with van der Waals surface area (Å²) in [5, 5.41) is 17.0. The molecule has 8 nitrogen and oxygen atoms in total. The van der Waals surface area contributed by atoms with Crippen molar-refractivity contribution in [3.63, 3.8) is 0 Å². The normalized spacial score (nSPS) is 12.9. The number of rotatable bonds is 5. The minimum Gasteiger partial charge on any atom is -0.480 e. The molecule has 0 spiro atoms. The Hall–Kier alpha value is -2.42. The third-order valence-electron chi connectivity index (χ3n) is 4.33. The molecular weight excluding hydrogens is 344 g/mol. The number of carboxylic acids is 1. The first-order valence-electron chi connectivity index (χ1n) is 7.72. The number of carbonyl (C=O) groups excluding carboxylic acids is 2. The van der Waals surface area contributed by atoms with E-state index in [-0.39, 0.29) is 5.91 Å². The highest BCUT2D eigenvalue weighted by Gasteiger charge is 2.37. The first-order valence-corrected chi connectivity index (χ1v) is 8.53. The second kappa shape index (κ2) is 6.47. The van der Waals surface area contributed by atoms with E-state index in [9.17, 15) is 19.5 Å². The number of hydrogen-bond donors (Lipinski definition) is 2. The van der Waals surface area contributed by atoms with Gasteiger partial charge in [-0.05, 0) is 33.8 Å². The molecule has 0 bridgehead atoms. The van der Waals surface area contributed by atoms with E-state index in [0.717, 1.165) is 20.8 Å². The lowest BCUT2D eigenvalue weighted by molar-refractivity contribution is -0.155. The lowest BCUT2D eigenvalue weighted by Crippen LogP contribution is -2.56. The highest BCUT2D eigenvalue weighted by atomic mass is 32.1. The molecule has 0 fully saturated rings. The summed E-state index contributed by atoms with van der Waals surface area (Å²) in [5.74, 6) is -1.96. The zero-order chi connectivity index (χ0) is 19.1. The third-order valence-corrected chi connectivity index (χ3v) is 5.53. The number of amides is 2. The number of nitrogens with zero attached hydrogens (tertiary/aromatic N) is 3. The monoisotopic (exact) mass is 366 g/mol. The van der Waals surface area contributed by atoms with Crippen LogP contribution in [0.15, 0.2) is 6.07 Å². The molecule has 0 aliphatic rings. The number of thiophene rings is 1. The maximum Gasteiger partial charge on any atom is 0.329 e. The van der Waals surface area contributed by atoms with Gasteiger partial charge in [0.15, 0.2) is 0 Å². The fourth-order valence-corrected chi connectivity index (χ4v) is 3.38. The number of aromatic nitrogens is 2. The van der Waals surface area contributed by atoms with Crippen molar-refractivity contribution >= 4 is 39.3 Å². The van der Waals surface area contributed by atoms with Gasteiger partial charge in [-0.15, -0.1) is 11.3 Å². The molecule has 0 saturated heterocycles. The van der Waals surface area contributed by atoms with Crippen LogP contribution in [0, 0.1) is 6.92 Å². The van der Waals surface area contributed by atoms with E-state index in [0.29, 0.717) is 4.88 Å². The van der Waals surface area contributed by atoms with Gasteiger partial charge in [0.05, 0.1) is 10.6 Å². The number of likely N-dealkylation sites (N-methyl/N-ethyl adjacent to an activating group) is 1. The van der Waals surface area contributed by atoms with Crippen LogP contribution in [0.4, 0.5) is 0 Å². The van der Waals surface area contributed by atoms with Gasteiger partial charge in [0.2, 0.25) is 5.91 Å². The largest absolute Gasteiger partial charge is 0.480 e. The lowest BCUT2D eigenvalue weighted by Gasteiger charge is -2.33. The van der Waals surface area contributed by atoms with Crippen LogP contribution in [0.5, 0.6) is 0 Å². The number of carbonyl (C=O) groups is 3. The summed E-state index contributed by atoms with van der Waals surface area (Å²) in [6.07, 6.45) is 0. The Labute approximate surface area is 149 Å². The van der Waals surface area contributed by atoms with Crippen LogP contribution < -0.4 is 5.32 Å². The smallest absolute Gasteiger partial charge is 0.329 e. The zero-order valence-electron chi connectivity index (χ0n) is 15.1. The molecule has 0 aliphatic heterocycles. The van der Waals surface area contributed by atoms with Gasteiger partial charge in [-0.3, -0.25) is 14.3 Å². The highest BCUT2D eigenvalue weighted by molar-refractivity contribution is 7.20. The van der Waals surface area contributed by atoms with Gasteiger partial charge in [0.25, 0.3) is 5.91 Å². The topological polar surface area (TPSA) is 105 Å². The van der Waals surface area contributed by atoms with Crippen molar-refractivity contribution in [1.82, 2.24) is 20.0 Å². The maximum atomic E-state index is 12.4. The quantitative estimate of drug-likeness (QED) is 0.832. The number of aryl methyl sites for hydroxylation is 2. The summed E-state index contributed by atoms with van der Waals surface area (Å²) in [4.78, 5) is 38.6. The van der Waals surface area contributed by atoms with Crippen molar-refractivity contribution < 1.29 is 19.5 Å². The van der Waals surface area contributed by atoms with E-state index in [1.165, 1.54) is 39.2 Å². The molecule has 2 rings (SSSR count). The van der Waals surface area contributed by atoms with E-state index in [2.05, 4.69) is 10.4 Å². The molecule has 25 heavy (non-hydrogen) atoms. The van der Waals surface area contributed by atoms with E-state index in [4.69, 9.17) is 0 Å². The molecule has 2 heterocycles. The van der Waals surface area contributed by atoms with Crippen molar-refractivity contribution in [1.29, 1.82) is 0 Å². The van der Waals surface area contributed by atoms with Gasteiger partial charge in [-0.25, -0.2) is 4.79 Å². The summed E-state index contributed by atoms with van der Waals surface area (Å²) in [7, 11) is 3.22. The van der Waals surface area contributed by atoms with Crippen molar-refractivity contribution in [2.24, 2.45) is 7.05 Å². The standard InChI is InChI=1S/C16H22N4O4S/c1-8-10-7-11(25-14(10)20(6)18-8)12(21)17-9(2)13(22)19(5)16(3,4)15(23)24/h7,9H,1-6H3,(H,17,21)(H,23,24). The van der Waals surface area contributed by atoms with E-state index in [1.54, 1.807) is 10.7 Å². The highest BCUT2D eigenvalue weighted by Crippen LogP contribution is 2.27. The van der Waals surface area contributed by atoms with Gasteiger partial charge in [0, 0.05) is 19.5 Å². The van der Waals surface area contributed by atoms with E-state index >= 15 is 0 Å². The van der Waals surface area contributed by atoms with Crippen molar-refractivity contribution in [2.45, 2.75) is 39.3 Å². The van der Waals surface area contributed by atoms with Crippen LogP contribution >= 0.6 is 11.3 Å². The first kappa shape index (κ1) is 18.9. The Morgan fingerprint density at radius 1 is 1.40 bits per heavy atom. The van der Waals surface area contributed by atoms with Gasteiger partial charge in [-0.1, -0.05) is 0 Å². The molecule has 2 amide bonds. The maximum absolute atomic E-state index is 12.4. The second-order valence-corrected chi connectivity index (χ2v) is 7.53. The fraction of sp³-hybridized carbons (Fsp3) is 0.500. The van der Waals surface area contributed by atoms with Gasteiger partial charge >= 0.3 is 5.97 Å². The van der Waals surface area contributed by atoms with Crippen LogP contribution in [0.2, 0.25) is 0 Å². The van der Waals surface area contributed by atoms with Crippen LogP contribution in [-0.4, -0.2) is 56.2 Å². The predicted molar refractivity (Wildman–Crippen MR) is 94.7 cm³/mol. The molecule has 2 N–H and O–H groups in total. The molecule has 1 atom stereocenters. The summed E-state index contributed by atoms with van der Waals surface area (Å²) >= 11 is 1.29.